The summed E-state index contributed by atoms with van der Waals surface area (Å²) < 4.78 is 0. The van der Waals surface area contributed by atoms with Crippen LogP contribution in [0.4, 0.5) is 11.5 Å². The Kier molecular flexibility index (Phi) is 4.19. The molecule has 4 atom stereocenters. The third kappa shape index (κ3) is 2.79. The Bertz CT molecular complexity index is 801. The van der Waals surface area contributed by atoms with Gasteiger partial charge in [0.25, 0.3) is 0 Å². The zero-order chi connectivity index (χ0) is 17.4. The van der Waals surface area contributed by atoms with E-state index < -0.39 is 0 Å². The van der Waals surface area contributed by atoms with Crippen LogP contribution in [-0.2, 0) is 4.84 Å². The van der Waals surface area contributed by atoms with E-state index in [1.54, 1.807) is 0 Å². The first kappa shape index (κ1) is 16.1. The van der Waals surface area contributed by atoms with Crippen molar-refractivity contribution < 1.29 is 9.94 Å². The highest BCUT2D eigenvalue weighted by Crippen LogP contribution is 2.42. The fraction of sp³-hybridized carbons (Fsp3) is 0.353. The minimum Gasteiger partial charge on any atom is -0.396 e. The van der Waals surface area contributed by atoms with Crippen molar-refractivity contribution in [1.82, 2.24) is 9.97 Å². The van der Waals surface area contributed by atoms with Crippen LogP contribution < -0.4 is 11.1 Å². The van der Waals surface area contributed by atoms with Gasteiger partial charge in [0, 0.05) is 18.6 Å². The lowest BCUT2D eigenvalue weighted by atomic mass is 9.90. The number of aliphatic hydroxyl groups excluding tert-OH is 1. The fourth-order valence-corrected chi connectivity index (χ4v) is 3.78. The number of rotatable bonds is 4. The summed E-state index contributed by atoms with van der Waals surface area (Å²) in [5.74, 6) is 0.473. The molecular weight excluding hydrogens is 342 g/mol. The van der Waals surface area contributed by atoms with Crippen LogP contribution in [0.15, 0.2) is 41.8 Å². The molecule has 4 N–H and O–H groups in total. The van der Waals surface area contributed by atoms with Gasteiger partial charge in [-0.25, -0.2) is 9.97 Å². The van der Waals surface area contributed by atoms with E-state index in [2.05, 4.69) is 20.4 Å². The van der Waals surface area contributed by atoms with Crippen molar-refractivity contribution in [2.24, 2.45) is 17.0 Å². The van der Waals surface area contributed by atoms with E-state index in [0.717, 1.165) is 17.7 Å². The molecule has 1 saturated carbocycles. The Morgan fingerprint density at radius 1 is 1.28 bits per heavy atom. The normalized spacial score (nSPS) is 27.5. The number of nitrogen functional groups attached to an aromatic ring is 1. The maximum Gasteiger partial charge on any atom is 0.157 e. The first-order valence-corrected chi connectivity index (χ1v) is 8.49. The second kappa shape index (κ2) is 6.50. The topological polar surface area (TPSA) is 106 Å². The summed E-state index contributed by atoms with van der Waals surface area (Å²) in [5, 5.41) is 17.6. The fourth-order valence-electron chi connectivity index (χ4n) is 3.65. The number of fused-ring (bicyclic) bond motifs is 1. The van der Waals surface area contributed by atoms with E-state index in [1.807, 2.05) is 30.3 Å². The van der Waals surface area contributed by atoms with Crippen LogP contribution in [0.25, 0.3) is 0 Å². The molecule has 1 fully saturated rings. The van der Waals surface area contributed by atoms with Crippen molar-refractivity contribution in [2.75, 3.05) is 17.7 Å². The van der Waals surface area contributed by atoms with Gasteiger partial charge < -0.3 is 21.0 Å². The second-order valence-electron chi connectivity index (χ2n) is 6.29. The van der Waals surface area contributed by atoms with Crippen molar-refractivity contribution in [3.8, 4) is 0 Å². The summed E-state index contributed by atoms with van der Waals surface area (Å²) >= 11 is 5.99. The predicted molar refractivity (Wildman–Crippen MR) is 95.4 cm³/mol. The van der Waals surface area contributed by atoms with Gasteiger partial charge in [-0.15, -0.1) is 0 Å². The van der Waals surface area contributed by atoms with E-state index in [4.69, 9.17) is 22.2 Å². The minimum absolute atomic E-state index is 0.00677. The average molecular weight is 360 g/mol. The number of hydrogen-bond donors (Lipinski definition) is 3. The van der Waals surface area contributed by atoms with Gasteiger partial charge in [-0.3, -0.25) is 0 Å². The molecule has 1 aliphatic heterocycles. The molecule has 2 aliphatic rings. The van der Waals surface area contributed by atoms with Gasteiger partial charge in [0.1, 0.15) is 18.1 Å². The van der Waals surface area contributed by atoms with E-state index in [1.165, 1.54) is 6.33 Å². The van der Waals surface area contributed by atoms with Gasteiger partial charge in [-0.1, -0.05) is 47.1 Å². The number of benzene rings is 1. The molecule has 7 nitrogen and oxygen atoms in total. The molecule has 1 aliphatic carbocycles. The lowest BCUT2D eigenvalue weighted by Gasteiger charge is -2.21. The van der Waals surface area contributed by atoms with Crippen molar-refractivity contribution in [3.63, 3.8) is 0 Å². The van der Waals surface area contributed by atoms with Crippen LogP contribution in [-0.4, -0.2) is 39.5 Å². The second-order valence-corrected chi connectivity index (χ2v) is 6.65. The molecule has 0 spiro atoms. The van der Waals surface area contributed by atoms with Crippen LogP contribution >= 0.6 is 11.6 Å². The number of aromatic nitrogens is 2. The van der Waals surface area contributed by atoms with Gasteiger partial charge in [0.2, 0.25) is 0 Å². The molecule has 1 aromatic carbocycles. The number of anilines is 2. The first-order chi connectivity index (χ1) is 12.2. The van der Waals surface area contributed by atoms with Crippen LogP contribution in [0.1, 0.15) is 12.0 Å². The molecule has 8 heteroatoms. The van der Waals surface area contributed by atoms with Gasteiger partial charge in [0.05, 0.1) is 11.6 Å². The zero-order valence-corrected chi connectivity index (χ0v) is 14.1. The third-order valence-corrected chi connectivity index (χ3v) is 5.16. The maximum atomic E-state index is 9.72. The van der Waals surface area contributed by atoms with E-state index in [9.17, 15) is 5.11 Å². The molecular formula is C17H18ClN5O2. The van der Waals surface area contributed by atoms with Crippen LogP contribution in [0.3, 0.4) is 0 Å². The van der Waals surface area contributed by atoms with Crippen LogP contribution in [0, 0.1) is 11.8 Å². The molecule has 4 rings (SSSR count). The number of halogens is 1. The Morgan fingerprint density at radius 2 is 2.08 bits per heavy atom. The van der Waals surface area contributed by atoms with Crippen LogP contribution in [0.5, 0.6) is 0 Å². The lowest BCUT2D eigenvalue weighted by Crippen LogP contribution is -2.34. The van der Waals surface area contributed by atoms with Gasteiger partial charge in [0.15, 0.2) is 11.0 Å². The smallest absolute Gasteiger partial charge is 0.157 e. The first-order valence-electron chi connectivity index (χ1n) is 8.11. The Labute approximate surface area is 149 Å². The summed E-state index contributed by atoms with van der Waals surface area (Å²) in [4.78, 5) is 13.7. The van der Waals surface area contributed by atoms with E-state index >= 15 is 0 Å². The Morgan fingerprint density at radius 3 is 2.84 bits per heavy atom. The maximum absolute atomic E-state index is 9.72. The SMILES string of the molecule is Nc1c(Cl)ncnc1N[C@@H]1C[C@H](CO)[C@@H]2ON=C(c3ccccc3)[C@@H]21. The van der Waals surface area contributed by atoms with Crippen LogP contribution in [0.2, 0.25) is 5.15 Å². The third-order valence-electron chi connectivity index (χ3n) is 4.86. The molecule has 0 radical (unpaired) electrons. The number of nitrogens with one attached hydrogen (secondary N) is 1. The van der Waals surface area contributed by atoms with Gasteiger partial charge in [-0.05, 0) is 12.0 Å². The molecule has 2 aromatic rings. The molecule has 0 bridgehead atoms. The summed E-state index contributed by atoms with van der Waals surface area (Å²) in [6, 6.07) is 9.87. The van der Waals surface area contributed by atoms with Crippen molar-refractivity contribution >= 4 is 28.8 Å². The molecule has 2 heterocycles. The Hall–Kier alpha value is -2.38. The highest BCUT2D eigenvalue weighted by atomic mass is 35.5. The van der Waals surface area contributed by atoms with Crippen molar-refractivity contribution in [3.05, 3.63) is 47.4 Å². The number of oxime groups is 1. The number of hydrogen-bond acceptors (Lipinski definition) is 7. The zero-order valence-electron chi connectivity index (χ0n) is 13.3. The minimum atomic E-state index is -0.170. The van der Waals surface area contributed by atoms with Crippen molar-refractivity contribution in [2.45, 2.75) is 18.6 Å². The summed E-state index contributed by atoms with van der Waals surface area (Å²) in [6.07, 6.45) is 1.92. The monoisotopic (exact) mass is 359 g/mol. The summed E-state index contributed by atoms with van der Waals surface area (Å²) in [5.41, 5.74) is 8.17. The lowest BCUT2D eigenvalue weighted by molar-refractivity contribution is 0.0211. The molecule has 1 aromatic heterocycles. The largest absolute Gasteiger partial charge is 0.396 e. The number of aliphatic hydroxyl groups is 1. The number of nitrogens with two attached hydrogens (primary N) is 1. The molecule has 0 unspecified atom stereocenters. The highest BCUT2D eigenvalue weighted by molar-refractivity contribution is 6.32. The summed E-state index contributed by atoms with van der Waals surface area (Å²) in [7, 11) is 0. The average Bonchev–Trinajstić information content (AvgIpc) is 3.21. The Balaban J connectivity index is 1.65. The molecule has 130 valence electrons. The summed E-state index contributed by atoms with van der Waals surface area (Å²) in [6.45, 7) is 0.0386. The molecule has 0 amide bonds. The van der Waals surface area contributed by atoms with Gasteiger partial charge in [-0.2, -0.15) is 0 Å². The standard InChI is InChI=1S/C17H18ClN5O2/c18-16-13(19)17(21-8-20-16)22-11-6-10(7-24)15-12(11)14(23-25-15)9-4-2-1-3-5-9/h1-5,8,10-12,15,24H,6-7,19H2,(H,20,21,22)/t10-,11-,12+,15+/m1/s1. The van der Waals surface area contributed by atoms with Gasteiger partial charge >= 0.3 is 0 Å². The molecule has 25 heavy (non-hydrogen) atoms. The van der Waals surface area contributed by atoms with E-state index in [-0.39, 0.29) is 35.7 Å². The van der Waals surface area contributed by atoms with Crippen molar-refractivity contribution in [1.29, 1.82) is 0 Å². The quantitative estimate of drug-likeness (QED) is 0.720. The number of nitrogens with zero attached hydrogens (tertiary/aromatic N) is 3. The molecule has 0 saturated heterocycles. The predicted octanol–water partition coefficient (Wildman–Crippen LogP) is 1.92. The highest BCUT2D eigenvalue weighted by Gasteiger charge is 2.51. The van der Waals surface area contributed by atoms with E-state index in [0.29, 0.717) is 11.5 Å².